The van der Waals surface area contributed by atoms with Gasteiger partial charge in [0.15, 0.2) is 0 Å². The van der Waals surface area contributed by atoms with E-state index in [0.717, 1.165) is 22.6 Å². The van der Waals surface area contributed by atoms with Gasteiger partial charge >= 0.3 is 0 Å². The van der Waals surface area contributed by atoms with Gasteiger partial charge in [-0.3, -0.25) is 4.98 Å². The molecule has 2 aromatic heterocycles. The number of aryl methyl sites for hydroxylation is 1. The summed E-state index contributed by atoms with van der Waals surface area (Å²) in [6.45, 7) is 2.07. The minimum absolute atomic E-state index is 0.582. The molecular formula is C12H13NOS. The maximum atomic E-state index is 10.1. The van der Waals surface area contributed by atoms with Gasteiger partial charge < -0.3 is 5.11 Å². The zero-order valence-corrected chi connectivity index (χ0v) is 9.37. The van der Waals surface area contributed by atoms with Gasteiger partial charge in [-0.05, 0) is 29.5 Å². The van der Waals surface area contributed by atoms with Gasteiger partial charge in [-0.2, -0.15) is 0 Å². The van der Waals surface area contributed by atoms with Crippen LogP contribution in [0, 0.1) is 0 Å². The Kier molecular flexibility index (Phi) is 3.14. The quantitative estimate of drug-likeness (QED) is 0.861. The normalized spacial score (nSPS) is 12.7. The molecule has 0 fully saturated rings. The van der Waals surface area contributed by atoms with Crippen molar-refractivity contribution >= 4 is 11.3 Å². The predicted molar refractivity (Wildman–Crippen MR) is 62.0 cm³/mol. The Morgan fingerprint density at radius 3 is 2.93 bits per heavy atom. The molecule has 2 rings (SSSR count). The van der Waals surface area contributed by atoms with Gasteiger partial charge in [-0.25, -0.2) is 0 Å². The van der Waals surface area contributed by atoms with Gasteiger partial charge in [0.1, 0.15) is 6.10 Å². The summed E-state index contributed by atoms with van der Waals surface area (Å²) in [5.74, 6) is 0. The largest absolute Gasteiger partial charge is 0.381 e. The minimum atomic E-state index is -0.582. The summed E-state index contributed by atoms with van der Waals surface area (Å²) in [6, 6.07) is 7.80. The first-order valence-corrected chi connectivity index (χ1v) is 5.86. The van der Waals surface area contributed by atoms with Crippen molar-refractivity contribution in [1.82, 2.24) is 4.98 Å². The highest BCUT2D eigenvalue weighted by Gasteiger charge is 2.15. The Morgan fingerprint density at radius 2 is 2.27 bits per heavy atom. The van der Waals surface area contributed by atoms with Crippen molar-refractivity contribution in [2.24, 2.45) is 0 Å². The smallest absolute Gasteiger partial charge is 0.130 e. The van der Waals surface area contributed by atoms with E-state index >= 15 is 0 Å². The maximum Gasteiger partial charge on any atom is 0.130 e. The van der Waals surface area contributed by atoms with Gasteiger partial charge in [0.05, 0.1) is 5.69 Å². The van der Waals surface area contributed by atoms with Crippen LogP contribution in [0.2, 0.25) is 0 Å². The van der Waals surface area contributed by atoms with Crippen LogP contribution in [-0.4, -0.2) is 10.1 Å². The zero-order valence-electron chi connectivity index (χ0n) is 8.55. The number of aliphatic hydroxyl groups excluding tert-OH is 1. The van der Waals surface area contributed by atoms with Crippen molar-refractivity contribution in [3.05, 3.63) is 52.0 Å². The summed E-state index contributed by atoms with van der Waals surface area (Å²) < 4.78 is 0. The first kappa shape index (κ1) is 10.3. The maximum absolute atomic E-state index is 10.1. The molecule has 15 heavy (non-hydrogen) atoms. The van der Waals surface area contributed by atoms with Crippen LogP contribution < -0.4 is 0 Å². The van der Waals surface area contributed by atoms with E-state index in [2.05, 4.69) is 11.9 Å². The lowest BCUT2D eigenvalue weighted by molar-refractivity contribution is 0.218. The Balaban J connectivity index is 2.37. The monoisotopic (exact) mass is 219 g/mol. The van der Waals surface area contributed by atoms with E-state index in [1.165, 1.54) is 0 Å². The Hall–Kier alpha value is -1.19. The van der Waals surface area contributed by atoms with E-state index in [4.69, 9.17) is 0 Å². The third kappa shape index (κ3) is 2.08. The van der Waals surface area contributed by atoms with E-state index in [9.17, 15) is 5.11 Å². The number of thiophene rings is 1. The second-order valence-electron chi connectivity index (χ2n) is 3.32. The average Bonchev–Trinajstić information content (AvgIpc) is 2.81. The molecule has 78 valence electrons. The lowest BCUT2D eigenvalue weighted by Crippen LogP contribution is -2.04. The number of nitrogens with zero attached hydrogens (tertiary/aromatic N) is 1. The molecule has 0 aliphatic heterocycles. The fourth-order valence-corrected chi connectivity index (χ4v) is 2.29. The lowest BCUT2D eigenvalue weighted by Gasteiger charge is -2.11. The highest BCUT2D eigenvalue weighted by molar-refractivity contribution is 7.10. The molecular weight excluding hydrogens is 206 g/mol. The summed E-state index contributed by atoms with van der Waals surface area (Å²) in [6.07, 6.45) is 2.04. The Labute approximate surface area is 93.2 Å². The summed E-state index contributed by atoms with van der Waals surface area (Å²) >= 11 is 1.56. The second kappa shape index (κ2) is 4.55. The van der Waals surface area contributed by atoms with Gasteiger partial charge in [-0.15, -0.1) is 11.3 Å². The fraction of sp³-hybridized carbons (Fsp3) is 0.250. The van der Waals surface area contributed by atoms with Gasteiger partial charge in [0.25, 0.3) is 0 Å². The second-order valence-corrected chi connectivity index (χ2v) is 4.30. The van der Waals surface area contributed by atoms with E-state index < -0.39 is 6.10 Å². The van der Waals surface area contributed by atoms with E-state index in [1.54, 1.807) is 17.5 Å². The van der Waals surface area contributed by atoms with Crippen LogP contribution in [0.15, 0.2) is 35.8 Å². The van der Waals surface area contributed by atoms with Gasteiger partial charge in [-0.1, -0.05) is 19.1 Å². The SMILES string of the molecule is CCc1cccnc1C(O)c1cccs1. The fourth-order valence-electron chi connectivity index (χ4n) is 1.58. The standard InChI is InChI=1S/C12H13NOS/c1-2-9-5-3-7-13-11(9)12(14)10-6-4-8-15-10/h3-8,12,14H,2H2,1H3. The summed E-state index contributed by atoms with van der Waals surface area (Å²) in [7, 11) is 0. The molecule has 0 amide bonds. The van der Waals surface area contributed by atoms with E-state index in [-0.39, 0.29) is 0 Å². The first-order valence-electron chi connectivity index (χ1n) is 4.98. The number of hydrogen-bond donors (Lipinski definition) is 1. The van der Waals surface area contributed by atoms with Crippen LogP contribution in [0.1, 0.15) is 29.2 Å². The van der Waals surface area contributed by atoms with Crippen LogP contribution in [0.5, 0.6) is 0 Å². The molecule has 2 heterocycles. The third-order valence-corrected chi connectivity index (χ3v) is 3.30. The minimum Gasteiger partial charge on any atom is -0.381 e. The highest BCUT2D eigenvalue weighted by atomic mass is 32.1. The molecule has 1 unspecified atom stereocenters. The average molecular weight is 219 g/mol. The zero-order chi connectivity index (χ0) is 10.7. The topological polar surface area (TPSA) is 33.1 Å². The van der Waals surface area contributed by atoms with Crippen LogP contribution in [0.25, 0.3) is 0 Å². The number of aromatic nitrogens is 1. The van der Waals surface area contributed by atoms with Gasteiger partial charge in [0.2, 0.25) is 0 Å². The first-order chi connectivity index (χ1) is 7.33. The van der Waals surface area contributed by atoms with Crippen molar-refractivity contribution in [3.8, 4) is 0 Å². The van der Waals surface area contributed by atoms with Crippen LogP contribution in [0.4, 0.5) is 0 Å². The van der Waals surface area contributed by atoms with Crippen LogP contribution >= 0.6 is 11.3 Å². The molecule has 0 saturated heterocycles. The Morgan fingerprint density at radius 1 is 1.40 bits per heavy atom. The van der Waals surface area contributed by atoms with Crippen LogP contribution in [-0.2, 0) is 6.42 Å². The molecule has 0 aliphatic rings. The van der Waals surface area contributed by atoms with Crippen molar-refractivity contribution < 1.29 is 5.11 Å². The molecule has 0 spiro atoms. The molecule has 3 heteroatoms. The molecule has 0 bridgehead atoms. The van der Waals surface area contributed by atoms with Crippen LogP contribution in [0.3, 0.4) is 0 Å². The molecule has 2 nitrogen and oxygen atoms in total. The number of hydrogen-bond acceptors (Lipinski definition) is 3. The summed E-state index contributed by atoms with van der Waals surface area (Å²) in [4.78, 5) is 5.21. The molecule has 0 aromatic carbocycles. The van der Waals surface area contributed by atoms with Gasteiger partial charge in [0, 0.05) is 11.1 Å². The van der Waals surface area contributed by atoms with Crippen molar-refractivity contribution in [2.45, 2.75) is 19.4 Å². The molecule has 2 aromatic rings. The molecule has 0 saturated carbocycles. The number of rotatable bonds is 3. The Bertz CT molecular complexity index is 425. The van der Waals surface area contributed by atoms with Crippen molar-refractivity contribution in [1.29, 1.82) is 0 Å². The number of pyridine rings is 1. The molecule has 1 N–H and O–H groups in total. The van der Waals surface area contributed by atoms with E-state index in [1.807, 2.05) is 29.6 Å². The van der Waals surface area contributed by atoms with E-state index in [0.29, 0.717) is 0 Å². The molecule has 0 aliphatic carbocycles. The molecule has 0 radical (unpaired) electrons. The summed E-state index contributed by atoms with van der Waals surface area (Å²) in [5, 5.41) is 12.1. The number of aliphatic hydroxyl groups is 1. The highest BCUT2D eigenvalue weighted by Crippen LogP contribution is 2.26. The van der Waals surface area contributed by atoms with Crippen molar-refractivity contribution in [2.75, 3.05) is 0 Å². The van der Waals surface area contributed by atoms with Crippen molar-refractivity contribution in [3.63, 3.8) is 0 Å². The third-order valence-electron chi connectivity index (χ3n) is 2.38. The summed E-state index contributed by atoms with van der Waals surface area (Å²) in [5.41, 5.74) is 1.89. The predicted octanol–water partition coefficient (Wildman–Crippen LogP) is 2.79. The lowest BCUT2D eigenvalue weighted by atomic mass is 10.1. The molecule has 1 atom stereocenters.